The van der Waals surface area contributed by atoms with Gasteiger partial charge in [0.2, 0.25) is 0 Å². The Balaban J connectivity index is 2.45. The normalized spacial score (nSPS) is 12.7. The second-order valence-electron chi connectivity index (χ2n) is 4.88. The summed E-state index contributed by atoms with van der Waals surface area (Å²) in [6.07, 6.45) is 2.32. The van der Waals surface area contributed by atoms with Crippen molar-refractivity contribution in [3.8, 4) is 0 Å². The van der Waals surface area contributed by atoms with E-state index in [-0.39, 0.29) is 5.41 Å². The third kappa shape index (κ3) is 4.27. The molecular weight excluding hydrogens is 246 g/mol. The van der Waals surface area contributed by atoms with Gasteiger partial charge in [0.25, 0.3) is 0 Å². The van der Waals surface area contributed by atoms with Crippen LogP contribution in [0.15, 0.2) is 29.2 Å². The predicted molar refractivity (Wildman–Crippen MR) is 76.2 cm³/mol. The first kappa shape index (κ1) is 14.9. The minimum Gasteiger partial charge on any atom is -0.478 e. The molecule has 2 N–H and O–H groups in total. The Morgan fingerprint density at radius 1 is 1.56 bits per heavy atom. The molecule has 0 radical (unpaired) electrons. The second-order valence-corrected chi connectivity index (χ2v) is 5.83. The Labute approximate surface area is 113 Å². The number of hydrogen-bond acceptors (Lipinski definition) is 3. The molecule has 0 spiro atoms. The van der Waals surface area contributed by atoms with E-state index in [1.54, 1.807) is 17.4 Å². The van der Waals surface area contributed by atoms with E-state index in [0.29, 0.717) is 18.5 Å². The fourth-order valence-electron chi connectivity index (χ4n) is 1.71. The molecule has 100 valence electrons. The molecule has 0 saturated heterocycles. The largest absolute Gasteiger partial charge is 0.478 e. The Bertz CT molecular complexity index is 407. The summed E-state index contributed by atoms with van der Waals surface area (Å²) in [6, 6.07) is 4.19. The Morgan fingerprint density at radius 2 is 2.28 bits per heavy atom. The van der Waals surface area contributed by atoms with Gasteiger partial charge in [-0.05, 0) is 17.9 Å². The fraction of sp³-hybridized carbons (Fsp3) is 0.500. The zero-order chi connectivity index (χ0) is 13.6. The van der Waals surface area contributed by atoms with Crippen molar-refractivity contribution in [3.63, 3.8) is 0 Å². The van der Waals surface area contributed by atoms with Crippen molar-refractivity contribution in [3.05, 3.63) is 34.0 Å². The minimum atomic E-state index is -0.822. The summed E-state index contributed by atoms with van der Waals surface area (Å²) in [7, 11) is 0. The van der Waals surface area contributed by atoms with Gasteiger partial charge in [0.15, 0.2) is 0 Å². The summed E-state index contributed by atoms with van der Waals surface area (Å²) in [5.41, 5.74) is 0.550. The van der Waals surface area contributed by atoms with Crippen LogP contribution in [0.3, 0.4) is 0 Å². The first-order valence-electron chi connectivity index (χ1n) is 6.14. The molecule has 0 saturated carbocycles. The molecule has 1 aromatic heterocycles. The number of nitrogens with one attached hydrogen (secondary N) is 1. The first-order chi connectivity index (χ1) is 8.47. The zero-order valence-corrected chi connectivity index (χ0v) is 12.0. The fourth-order valence-corrected chi connectivity index (χ4v) is 2.57. The summed E-state index contributed by atoms with van der Waals surface area (Å²) in [5.74, 6) is -0.822. The van der Waals surface area contributed by atoms with E-state index < -0.39 is 5.97 Å². The average molecular weight is 267 g/mol. The highest BCUT2D eigenvalue weighted by atomic mass is 32.1. The molecule has 0 bridgehead atoms. The van der Waals surface area contributed by atoms with Crippen LogP contribution in [0.5, 0.6) is 0 Å². The molecule has 0 amide bonds. The number of thiophene rings is 1. The van der Waals surface area contributed by atoms with Crippen LogP contribution >= 0.6 is 11.3 Å². The maximum Gasteiger partial charge on any atom is 0.331 e. The molecule has 0 aliphatic rings. The SMILES string of the molecule is CC/C(=C/CNCC(C)(C)c1cccs1)C(=O)O. The van der Waals surface area contributed by atoms with Crippen LogP contribution in [0.1, 0.15) is 32.1 Å². The first-order valence-corrected chi connectivity index (χ1v) is 7.02. The summed E-state index contributed by atoms with van der Waals surface area (Å²) in [5, 5.41) is 14.3. The molecule has 0 aliphatic carbocycles. The van der Waals surface area contributed by atoms with Crippen LogP contribution in [-0.2, 0) is 10.2 Å². The van der Waals surface area contributed by atoms with Crippen LogP contribution < -0.4 is 5.32 Å². The lowest BCUT2D eigenvalue weighted by Crippen LogP contribution is -2.32. The Morgan fingerprint density at radius 3 is 2.78 bits per heavy atom. The molecule has 0 atom stereocenters. The van der Waals surface area contributed by atoms with E-state index in [0.717, 1.165) is 6.54 Å². The zero-order valence-electron chi connectivity index (χ0n) is 11.2. The lowest BCUT2D eigenvalue weighted by molar-refractivity contribution is -0.132. The van der Waals surface area contributed by atoms with Gasteiger partial charge in [-0.1, -0.05) is 32.9 Å². The highest BCUT2D eigenvalue weighted by Gasteiger charge is 2.20. The molecule has 1 aromatic rings. The summed E-state index contributed by atoms with van der Waals surface area (Å²) in [4.78, 5) is 12.2. The van der Waals surface area contributed by atoms with E-state index in [1.165, 1.54) is 4.88 Å². The molecule has 0 aromatic carbocycles. The lowest BCUT2D eigenvalue weighted by Gasteiger charge is -2.23. The minimum absolute atomic E-state index is 0.0810. The van der Waals surface area contributed by atoms with Crippen molar-refractivity contribution >= 4 is 17.3 Å². The van der Waals surface area contributed by atoms with Gasteiger partial charge in [0, 0.05) is 29.0 Å². The van der Waals surface area contributed by atoms with Gasteiger partial charge >= 0.3 is 5.97 Å². The smallest absolute Gasteiger partial charge is 0.331 e. The quantitative estimate of drug-likeness (QED) is 0.589. The molecule has 0 aliphatic heterocycles. The van der Waals surface area contributed by atoms with Crippen molar-refractivity contribution in [1.29, 1.82) is 0 Å². The molecular formula is C14H21NO2S. The van der Waals surface area contributed by atoms with Gasteiger partial charge in [0.1, 0.15) is 0 Å². The van der Waals surface area contributed by atoms with Crippen LogP contribution in [0.4, 0.5) is 0 Å². The molecule has 1 rings (SSSR count). The van der Waals surface area contributed by atoms with Gasteiger partial charge in [-0.3, -0.25) is 0 Å². The number of rotatable bonds is 7. The standard InChI is InChI=1S/C14H21NO2S/c1-4-11(13(16)17)7-8-15-10-14(2,3)12-6-5-9-18-12/h5-7,9,15H,4,8,10H2,1-3H3,(H,16,17)/b11-7-. The van der Waals surface area contributed by atoms with Crippen LogP contribution in [0, 0.1) is 0 Å². The summed E-state index contributed by atoms with van der Waals surface area (Å²) < 4.78 is 0. The third-order valence-electron chi connectivity index (χ3n) is 2.90. The summed E-state index contributed by atoms with van der Waals surface area (Å²) in [6.45, 7) is 7.67. The van der Waals surface area contributed by atoms with E-state index in [1.807, 2.05) is 6.92 Å². The molecule has 3 nitrogen and oxygen atoms in total. The molecule has 1 heterocycles. The maximum absolute atomic E-state index is 10.8. The number of aliphatic carboxylic acids is 1. The van der Waals surface area contributed by atoms with Crippen molar-refractivity contribution in [2.24, 2.45) is 0 Å². The van der Waals surface area contributed by atoms with Crippen molar-refractivity contribution in [2.75, 3.05) is 13.1 Å². The lowest BCUT2D eigenvalue weighted by atomic mass is 9.91. The van der Waals surface area contributed by atoms with Crippen LogP contribution in [0.2, 0.25) is 0 Å². The van der Waals surface area contributed by atoms with Crippen LogP contribution in [0.25, 0.3) is 0 Å². The highest BCUT2D eigenvalue weighted by molar-refractivity contribution is 7.10. The van der Waals surface area contributed by atoms with Crippen molar-refractivity contribution in [1.82, 2.24) is 5.32 Å². The second kappa shape index (κ2) is 6.71. The van der Waals surface area contributed by atoms with E-state index >= 15 is 0 Å². The van der Waals surface area contributed by atoms with Gasteiger partial charge in [-0.25, -0.2) is 4.79 Å². The van der Waals surface area contributed by atoms with Crippen molar-refractivity contribution in [2.45, 2.75) is 32.6 Å². The molecule has 0 unspecified atom stereocenters. The predicted octanol–water partition coefficient (Wildman–Crippen LogP) is 3.04. The molecule has 4 heteroatoms. The number of hydrogen-bond donors (Lipinski definition) is 2. The highest BCUT2D eigenvalue weighted by Crippen LogP contribution is 2.26. The van der Waals surface area contributed by atoms with Gasteiger partial charge in [-0.2, -0.15) is 0 Å². The average Bonchev–Trinajstić information content (AvgIpc) is 2.82. The number of carbonyl (C=O) groups is 1. The Kier molecular flexibility index (Phi) is 5.56. The maximum atomic E-state index is 10.8. The van der Waals surface area contributed by atoms with E-state index in [4.69, 9.17) is 5.11 Å². The Hall–Kier alpha value is -1.13. The van der Waals surface area contributed by atoms with Gasteiger partial charge < -0.3 is 10.4 Å². The molecule has 18 heavy (non-hydrogen) atoms. The number of carboxylic acids is 1. The number of carboxylic acid groups (broad SMARTS) is 1. The van der Waals surface area contributed by atoms with Crippen molar-refractivity contribution < 1.29 is 9.90 Å². The third-order valence-corrected chi connectivity index (χ3v) is 4.14. The van der Waals surface area contributed by atoms with Gasteiger partial charge in [-0.15, -0.1) is 11.3 Å². The van der Waals surface area contributed by atoms with E-state index in [2.05, 4.69) is 36.7 Å². The monoisotopic (exact) mass is 267 g/mol. The topological polar surface area (TPSA) is 49.3 Å². The molecule has 0 fully saturated rings. The van der Waals surface area contributed by atoms with Gasteiger partial charge in [0.05, 0.1) is 0 Å². The summed E-state index contributed by atoms with van der Waals surface area (Å²) >= 11 is 1.75. The van der Waals surface area contributed by atoms with E-state index in [9.17, 15) is 4.79 Å². The van der Waals surface area contributed by atoms with Crippen LogP contribution in [-0.4, -0.2) is 24.2 Å².